The molecule has 35 heavy (non-hydrogen) atoms. The lowest BCUT2D eigenvalue weighted by Crippen LogP contribution is -2.45. The summed E-state index contributed by atoms with van der Waals surface area (Å²) in [6.45, 7) is 3.56. The van der Waals surface area contributed by atoms with Gasteiger partial charge in [-0.3, -0.25) is 0 Å². The number of piperidine rings is 1. The third kappa shape index (κ3) is 3.38. The molecule has 2 aliphatic rings. The number of nitrogens with zero attached hydrogens (tertiary/aromatic N) is 5. The number of hydrogen-bond donors (Lipinski definition) is 1. The Balaban J connectivity index is 1.32. The maximum absolute atomic E-state index is 14.2. The zero-order valence-electron chi connectivity index (χ0n) is 19.6. The number of hydrogen-bond acceptors (Lipinski definition) is 6. The lowest BCUT2D eigenvalue weighted by atomic mass is 9.73. The molecule has 7 nitrogen and oxygen atoms in total. The standard InChI is InChI=1S/C26H26ClFN6O/c1-15-23(17-4-3-5-18(28)21(17)27)34-19(8-11-30-34)25(31-15)33-12-9-26(10-13-33)14-16-6-7-20(35-2)32-22(16)24(26)29/h3-8,11,24H,9-10,12-14,29H2,1-2H3. The Kier molecular flexibility index (Phi) is 5.19. The van der Waals surface area contributed by atoms with Crippen LogP contribution in [0.25, 0.3) is 16.8 Å². The molecule has 0 amide bonds. The molecule has 1 aliphatic carbocycles. The third-order valence-corrected chi connectivity index (χ3v) is 8.04. The Labute approximate surface area is 207 Å². The van der Waals surface area contributed by atoms with E-state index in [4.69, 9.17) is 27.1 Å². The van der Waals surface area contributed by atoms with Gasteiger partial charge >= 0.3 is 0 Å². The number of ether oxygens (including phenoxy) is 1. The summed E-state index contributed by atoms with van der Waals surface area (Å²) in [6, 6.07) is 10.6. The fourth-order valence-electron chi connectivity index (χ4n) is 5.75. The van der Waals surface area contributed by atoms with Crippen LogP contribution in [0.2, 0.25) is 5.02 Å². The minimum Gasteiger partial charge on any atom is -0.481 e. The summed E-state index contributed by atoms with van der Waals surface area (Å²) in [7, 11) is 1.63. The summed E-state index contributed by atoms with van der Waals surface area (Å²) in [5, 5.41) is 4.61. The predicted octanol–water partition coefficient (Wildman–Crippen LogP) is 4.74. The van der Waals surface area contributed by atoms with Crippen LogP contribution < -0.4 is 15.4 Å². The molecule has 3 aromatic heterocycles. The number of benzene rings is 1. The lowest BCUT2D eigenvalue weighted by molar-refractivity contribution is 0.185. The van der Waals surface area contributed by atoms with Gasteiger partial charge in [0.05, 0.1) is 41.5 Å². The van der Waals surface area contributed by atoms with Gasteiger partial charge < -0.3 is 15.4 Å². The molecule has 9 heteroatoms. The smallest absolute Gasteiger partial charge is 0.213 e. The molecule has 1 saturated heterocycles. The first-order chi connectivity index (χ1) is 16.9. The van der Waals surface area contributed by atoms with Gasteiger partial charge in [-0.05, 0) is 49.3 Å². The number of anilines is 1. The summed E-state index contributed by atoms with van der Waals surface area (Å²) < 4.78 is 21.3. The summed E-state index contributed by atoms with van der Waals surface area (Å²) in [5.41, 5.74) is 11.8. The molecule has 180 valence electrons. The van der Waals surface area contributed by atoms with E-state index >= 15 is 0 Å². The number of rotatable bonds is 3. The minimum atomic E-state index is -0.463. The summed E-state index contributed by atoms with van der Waals surface area (Å²) >= 11 is 6.32. The zero-order chi connectivity index (χ0) is 24.3. The normalized spacial score (nSPS) is 18.9. The number of fused-ring (bicyclic) bond motifs is 2. The van der Waals surface area contributed by atoms with Gasteiger partial charge in [0.15, 0.2) is 5.82 Å². The largest absolute Gasteiger partial charge is 0.481 e. The summed E-state index contributed by atoms with van der Waals surface area (Å²) in [6.07, 6.45) is 4.54. The molecular weight excluding hydrogens is 467 g/mol. The van der Waals surface area contributed by atoms with E-state index in [1.54, 1.807) is 25.4 Å². The molecule has 1 unspecified atom stereocenters. The first-order valence-corrected chi connectivity index (χ1v) is 12.1. The van der Waals surface area contributed by atoms with Crippen LogP contribution in [0.1, 0.15) is 35.8 Å². The van der Waals surface area contributed by atoms with Gasteiger partial charge in [-0.15, -0.1) is 0 Å². The van der Waals surface area contributed by atoms with Gasteiger partial charge in [-0.25, -0.2) is 18.9 Å². The van der Waals surface area contributed by atoms with Gasteiger partial charge in [0.1, 0.15) is 11.3 Å². The summed E-state index contributed by atoms with van der Waals surface area (Å²) in [5.74, 6) is 1.01. The average molecular weight is 493 g/mol. The van der Waals surface area contributed by atoms with Crippen LogP contribution in [0, 0.1) is 18.2 Å². The van der Waals surface area contributed by atoms with Crippen molar-refractivity contribution in [3.63, 3.8) is 0 Å². The highest BCUT2D eigenvalue weighted by Crippen LogP contribution is 2.51. The molecule has 1 aromatic carbocycles. The van der Waals surface area contributed by atoms with Crippen molar-refractivity contribution in [3.8, 4) is 17.1 Å². The van der Waals surface area contributed by atoms with Crippen LogP contribution in [0.3, 0.4) is 0 Å². The minimum absolute atomic E-state index is 0.0151. The van der Waals surface area contributed by atoms with Crippen molar-refractivity contribution in [2.75, 3.05) is 25.1 Å². The number of methoxy groups -OCH3 is 1. The van der Waals surface area contributed by atoms with E-state index in [-0.39, 0.29) is 16.5 Å². The molecule has 4 aromatic rings. The maximum atomic E-state index is 14.2. The van der Waals surface area contributed by atoms with Crippen molar-refractivity contribution in [2.24, 2.45) is 11.1 Å². The van der Waals surface area contributed by atoms with Crippen LogP contribution in [-0.4, -0.2) is 39.8 Å². The van der Waals surface area contributed by atoms with Crippen molar-refractivity contribution in [1.82, 2.24) is 19.6 Å². The first kappa shape index (κ1) is 22.2. The zero-order valence-corrected chi connectivity index (χ0v) is 20.4. The fourth-order valence-corrected chi connectivity index (χ4v) is 5.97. The molecule has 1 spiro atoms. The van der Waals surface area contributed by atoms with Crippen LogP contribution in [0.4, 0.5) is 10.2 Å². The Morgan fingerprint density at radius 3 is 2.71 bits per heavy atom. The number of aryl methyl sites for hydroxylation is 1. The highest BCUT2D eigenvalue weighted by molar-refractivity contribution is 6.33. The third-order valence-electron chi connectivity index (χ3n) is 7.66. The van der Waals surface area contributed by atoms with Gasteiger partial charge in [-0.2, -0.15) is 5.10 Å². The first-order valence-electron chi connectivity index (χ1n) is 11.7. The molecule has 4 heterocycles. The number of pyridine rings is 1. The molecule has 0 saturated carbocycles. The van der Waals surface area contributed by atoms with E-state index in [1.807, 2.05) is 23.6 Å². The molecular formula is C26H26ClFN6O. The second kappa shape index (κ2) is 8.17. The second-order valence-corrected chi connectivity index (χ2v) is 9.88. The molecule has 1 fully saturated rings. The van der Waals surface area contributed by atoms with Crippen molar-refractivity contribution < 1.29 is 9.13 Å². The monoisotopic (exact) mass is 492 g/mol. The van der Waals surface area contributed by atoms with Crippen molar-refractivity contribution in [3.05, 3.63) is 70.4 Å². The SMILES string of the molecule is COc1ccc2c(n1)C(N)C1(CCN(c3nc(C)c(-c4cccc(F)c4Cl)n4nccc34)CC1)C2. The quantitative estimate of drug-likeness (QED) is 0.444. The Hall–Kier alpha value is -3.23. The predicted molar refractivity (Wildman–Crippen MR) is 133 cm³/mol. The van der Waals surface area contributed by atoms with Crippen molar-refractivity contribution in [1.29, 1.82) is 0 Å². The Morgan fingerprint density at radius 1 is 1.14 bits per heavy atom. The van der Waals surface area contributed by atoms with Gasteiger partial charge in [-0.1, -0.05) is 29.8 Å². The van der Waals surface area contributed by atoms with Crippen molar-refractivity contribution >= 4 is 22.9 Å². The van der Waals surface area contributed by atoms with Crippen LogP contribution >= 0.6 is 11.6 Å². The molecule has 1 aliphatic heterocycles. The van der Waals surface area contributed by atoms with E-state index < -0.39 is 5.82 Å². The maximum Gasteiger partial charge on any atom is 0.213 e. The second-order valence-electron chi connectivity index (χ2n) is 9.50. The topological polar surface area (TPSA) is 81.6 Å². The number of nitrogens with two attached hydrogens (primary N) is 1. The van der Waals surface area contributed by atoms with E-state index in [9.17, 15) is 4.39 Å². The lowest BCUT2D eigenvalue weighted by Gasteiger charge is -2.42. The average Bonchev–Trinajstić information content (AvgIpc) is 3.45. The van der Waals surface area contributed by atoms with E-state index in [1.165, 1.54) is 11.6 Å². The molecule has 0 bridgehead atoms. The molecule has 2 N–H and O–H groups in total. The van der Waals surface area contributed by atoms with E-state index in [0.717, 1.165) is 55.1 Å². The number of halogens is 2. The van der Waals surface area contributed by atoms with E-state index in [0.29, 0.717) is 17.1 Å². The Bertz CT molecular complexity index is 1450. The van der Waals surface area contributed by atoms with Crippen LogP contribution in [-0.2, 0) is 6.42 Å². The highest BCUT2D eigenvalue weighted by Gasteiger charge is 2.47. The Morgan fingerprint density at radius 2 is 1.94 bits per heavy atom. The highest BCUT2D eigenvalue weighted by atomic mass is 35.5. The molecule has 0 radical (unpaired) electrons. The van der Waals surface area contributed by atoms with Gasteiger partial charge in [0.2, 0.25) is 5.88 Å². The fraction of sp³-hybridized carbons (Fsp3) is 0.346. The number of aromatic nitrogens is 4. The van der Waals surface area contributed by atoms with E-state index in [2.05, 4.69) is 21.0 Å². The van der Waals surface area contributed by atoms with Gasteiger partial charge in [0, 0.05) is 24.7 Å². The van der Waals surface area contributed by atoms with Crippen molar-refractivity contribution in [2.45, 2.75) is 32.2 Å². The van der Waals surface area contributed by atoms with Crippen LogP contribution in [0.15, 0.2) is 42.6 Å². The summed E-state index contributed by atoms with van der Waals surface area (Å²) in [4.78, 5) is 11.9. The molecule has 6 rings (SSSR count). The molecule has 1 atom stereocenters. The van der Waals surface area contributed by atoms with Gasteiger partial charge in [0.25, 0.3) is 0 Å². The van der Waals surface area contributed by atoms with Crippen LogP contribution in [0.5, 0.6) is 5.88 Å².